The molecule has 0 amide bonds. The summed E-state index contributed by atoms with van der Waals surface area (Å²) < 4.78 is 3.98. The van der Waals surface area contributed by atoms with Crippen molar-refractivity contribution in [1.82, 2.24) is 24.9 Å². The van der Waals surface area contributed by atoms with Gasteiger partial charge >= 0.3 is 0 Å². The van der Waals surface area contributed by atoms with Gasteiger partial charge in [0, 0.05) is 30.5 Å². The predicted octanol–water partition coefficient (Wildman–Crippen LogP) is 2.32. The Labute approximate surface area is 121 Å². The maximum atomic E-state index is 4.41. The molecule has 20 heavy (non-hydrogen) atoms. The van der Waals surface area contributed by atoms with Gasteiger partial charge in [0.25, 0.3) is 0 Å². The summed E-state index contributed by atoms with van der Waals surface area (Å²) in [6.45, 7) is 12.4. The van der Waals surface area contributed by atoms with Crippen molar-refractivity contribution in [2.75, 3.05) is 0 Å². The molecule has 5 nitrogen and oxygen atoms in total. The first-order valence-electron chi connectivity index (χ1n) is 7.11. The number of nitrogens with one attached hydrogen (secondary N) is 1. The molecule has 2 aromatic rings. The maximum Gasteiger partial charge on any atom is 0.0560 e. The van der Waals surface area contributed by atoms with E-state index in [0.29, 0.717) is 6.04 Å². The van der Waals surface area contributed by atoms with E-state index >= 15 is 0 Å². The van der Waals surface area contributed by atoms with Crippen LogP contribution in [-0.2, 0) is 18.6 Å². The van der Waals surface area contributed by atoms with Crippen LogP contribution in [0.2, 0.25) is 0 Å². The number of hydrogen-bond donors (Lipinski definition) is 1. The molecular formula is C15H25N5. The Balaban J connectivity index is 1.84. The van der Waals surface area contributed by atoms with Gasteiger partial charge in [0.15, 0.2) is 0 Å². The van der Waals surface area contributed by atoms with Crippen LogP contribution in [0, 0.1) is 6.92 Å². The zero-order valence-corrected chi connectivity index (χ0v) is 13.1. The minimum absolute atomic E-state index is 0.0381. The van der Waals surface area contributed by atoms with Gasteiger partial charge in [0.2, 0.25) is 0 Å². The van der Waals surface area contributed by atoms with Crippen LogP contribution in [0.25, 0.3) is 0 Å². The smallest absolute Gasteiger partial charge is 0.0560 e. The maximum absolute atomic E-state index is 4.41. The minimum Gasteiger partial charge on any atom is -0.308 e. The van der Waals surface area contributed by atoms with Crippen LogP contribution >= 0.6 is 0 Å². The van der Waals surface area contributed by atoms with Gasteiger partial charge in [-0.05, 0) is 40.2 Å². The molecule has 0 aliphatic rings. The predicted molar refractivity (Wildman–Crippen MR) is 80.5 cm³/mol. The second-order valence-corrected chi connectivity index (χ2v) is 6.49. The van der Waals surface area contributed by atoms with Gasteiger partial charge in [0.05, 0.1) is 24.5 Å². The molecule has 0 aromatic carbocycles. The van der Waals surface area contributed by atoms with Gasteiger partial charge in [-0.1, -0.05) is 0 Å². The van der Waals surface area contributed by atoms with Crippen molar-refractivity contribution in [2.24, 2.45) is 0 Å². The lowest BCUT2D eigenvalue weighted by Crippen LogP contribution is -2.30. The Morgan fingerprint density at radius 1 is 1.20 bits per heavy atom. The quantitative estimate of drug-likeness (QED) is 0.911. The molecular weight excluding hydrogens is 250 g/mol. The van der Waals surface area contributed by atoms with Crippen LogP contribution in [0.15, 0.2) is 24.8 Å². The van der Waals surface area contributed by atoms with Crippen LogP contribution in [0.3, 0.4) is 0 Å². The zero-order chi connectivity index (χ0) is 14.8. The number of aromatic nitrogens is 4. The van der Waals surface area contributed by atoms with E-state index in [1.807, 2.05) is 21.8 Å². The number of hydrogen-bond acceptors (Lipinski definition) is 3. The minimum atomic E-state index is 0.0381. The molecule has 0 aliphatic carbocycles. The lowest BCUT2D eigenvalue weighted by Gasteiger charge is -2.18. The molecule has 0 fully saturated rings. The largest absolute Gasteiger partial charge is 0.308 e. The summed E-state index contributed by atoms with van der Waals surface area (Å²) in [5, 5.41) is 12.2. The van der Waals surface area contributed by atoms with E-state index in [-0.39, 0.29) is 5.54 Å². The van der Waals surface area contributed by atoms with Crippen LogP contribution in [0.1, 0.15) is 38.8 Å². The molecule has 1 N–H and O–H groups in total. The molecule has 0 bridgehead atoms. The molecule has 2 aromatic heterocycles. The summed E-state index contributed by atoms with van der Waals surface area (Å²) in [7, 11) is 0. The average Bonchev–Trinajstić information content (AvgIpc) is 2.95. The van der Waals surface area contributed by atoms with Gasteiger partial charge in [-0.3, -0.25) is 9.36 Å². The van der Waals surface area contributed by atoms with Gasteiger partial charge < -0.3 is 5.32 Å². The van der Waals surface area contributed by atoms with Crippen molar-refractivity contribution in [3.8, 4) is 0 Å². The summed E-state index contributed by atoms with van der Waals surface area (Å²) in [5.74, 6) is 0. The lowest BCUT2D eigenvalue weighted by molar-refractivity contribution is 0.355. The van der Waals surface area contributed by atoms with Gasteiger partial charge in [-0.15, -0.1) is 0 Å². The van der Waals surface area contributed by atoms with E-state index in [4.69, 9.17) is 0 Å². The number of rotatable bonds is 5. The second-order valence-electron chi connectivity index (χ2n) is 6.49. The molecule has 2 rings (SSSR count). The summed E-state index contributed by atoms with van der Waals surface area (Å²) >= 11 is 0. The Morgan fingerprint density at radius 2 is 1.95 bits per heavy atom. The van der Waals surface area contributed by atoms with E-state index in [0.717, 1.165) is 13.1 Å². The highest BCUT2D eigenvalue weighted by Gasteiger charge is 2.14. The summed E-state index contributed by atoms with van der Waals surface area (Å²) in [5.41, 5.74) is 2.45. The normalized spacial score (nSPS) is 13.7. The van der Waals surface area contributed by atoms with E-state index in [1.165, 1.54) is 11.1 Å². The summed E-state index contributed by atoms with van der Waals surface area (Å²) in [4.78, 5) is 0. The fourth-order valence-electron chi connectivity index (χ4n) is 2.02. The Kier molecular flexibility index (Phi) is 4.28. The molecule has 0 aliphatic heterocycles. The number of nitrogens with zero attached hydrogens (tertiary/aromatic N) is 4. The highest BCUT2D eigenvalue weighted by Crippen LogP contribution is 2.13. The highest BCUT2D eigenvalue weighted by molar-refractivity contribution is 5.05. The fraction of sp³-hybridized carbons (Fsp3) is 0.600. The molecule has 0 saturated carbocycles. The standard InChI is InChI=1S/C15H25N5/c1-12-6-17-19(9-12)10-13(2)16-7-14-8-18-20(11-14)15(3,4)5/h6,8-9,11,13,16H,7,10H2,1-5H3/t13-/m0/s1. The molecule has 0 unspecified atom stereocenters. The average molecular weight is 275 g/mol. The first-order chi connectivity index (χ1) is 9.34. The number of aryl methyl sites for hydroxylation is 1. The van der Waals surface area contributed by atoms with Crippen molar-refractivity contribution >= 4 is 0 Å². The molecule has 0 spiro atoms. The fourth-order valence-corrected chi connectivity index (χ4v) is 2.02. The van der Waals surface area contributed by atoms with Crippen molar-refractivity contribution < 1.29 is 0 Å². The first kappa shape index (κ1) is 14.8. The van der Waals surface area contributed by atoms with Crippen molar-refractivity contribution in [3.05, 3.63) is 35.9 Å². The lowest BCUT2D eigenvalue weighted by atomic mass is 10.1. The highest BCUT2D eigenvalue weighted by atomic mass is 15.3. The van der Waals surface area contributed by atoms with E-state index in [9.17, 15) is 0 Å². The van der Waals surface area contributed by atoms with E-state index in [1.54, 1.807) is 0 Å². The summed E-state index contributed by atoms with van der Waals surface area (Å²) in [6, 6.07) is 0.368. The van der Waals surface area contributed by atoms with E-state index in [2.05, 4.69) is 62.5 Å². The van der Waals surface area contributed by atoms with Gasteiger partial charge in [0.1, 0.15) is 0 Å². The van der Waals surface area contributed by atoms with Crippen LogP contribution < -0.4 is 5.32 Å². The summed E-state index contributed by atoms with van der Waals surface area (Å²) in [6.07, 6.45) is 8.00. The Hall–Kier alpha value is -1.62. The molecule has 0 saturated heterocycles. The van der Waals surface area contributed by atoms with Gasteiger partial charge in [-0.2, -0.15) is 10.2 Å². The van der Waals surface area contributed by atoms with Gasteiger partial charge in [-0.25, -0.2) is 0 Å². The molecule has 5 heteroatoms. The molecule has 0 radical (unpaired) electrons. The van der Waals surface area contributed by atoms with Crippen LogP contribution in [-0.4, -0.2) is 25.6 Å². The Bertz CT molecular complexity index is 547. The van der Waals surface area contributed by atoms with Crippen molar-refractivity contribution in [1.29, 1.82) is 0 Å². The monoisotopic (exact) mass is 275 g/mol. The van der Waals surface area contributed by atoms with Crippen LogP contribution in [0.4, 0.5) is 0 Å². The third-order valence-corrected chi connectivity index (χ3v) is 3.20. The van der Waals surface area contributed by atoms with E-state index < -0.39 is 0 Å². The zero-order valence-electron chi connectivity index (χ0n) is 13.1. The van der Waals surface area contributed by atoms with Crippen LogP contribution in [0.5, 0.6) is 0 Å². The molecule has 2 heterocycles. The SMILES string of the molecule is Cc1cnn(C[C@H](C)NCc2cnn(C(C)(C)C)c2)c1. The third kappa shape index (κ3) is 3.93. The second kappa shape index (κ2) is 5.79. The molecule has 110 valence electrons. The molecule has 1 atom stereocenters. The third-order valence-electron chi connectivity index (χ3n) is 3.20. The van der Waals surface area contributed by atoms with Crippen molar-refractivity contribution in [2.45, 2.75) is 59.3 Å². The first-order valence-corrected chi connectivity index (χ1v) is 7.11. The Morgan fingerprint density at radius 3 is 2.50 bits per heavy atom. The topological polar surface area (TPSA) is 47.7 Å². The van der Waals surface area contributed by atoms with Crippen molar-refractivity contribution in [3.63, 3.8) is 0 Å².